The highest BCUT2D eigenvalue weighted by Crippen LogP contribution is 2.10. The lowest BCUT2D eigenvalue weighted by atomic mass is 10.2. The van der Waals surface area contributed by atoms with E-state index in [1.165, 1.54) is 0 Å². The van der Waals surface area contributed by atoms with Gasteiger partial charge in [0.1, 0.15) is 0 Å². The van der Waals surface area contributed by atoms with Gasteiger partial charge in [-0.05, 0) is 26.7 Å². The lowest BCUT2D eigenvalue weighted by Crippen LogP contribution is -2.50. The summed E-state index contributed by atoms with van der Waals surface area (Å²) in [5, 5.41) is 6.55. The fraction of sp³-hybridized carbons (Fsp3) is 0.941. The number of ether oxygens (including phenoxy) is 1. The first-order valence-electron chi connectivity index (χ1n) is 8.89. The Kier molecular flexibility index (Phi) is 12.5. The van der Waals surface area contributed by atoms with Gasteiger partial charge in [-0.15, -0.1) is 24.0 Å². The van der Waals surface area contributed by atoms with Crippen LogP contribution in [0.5, 0.6) is 0 Å². The van der Waals surface area contributed by atoms with Gasteiger partial charge in [0.05, 0.1) is 12.7 Å². The molecular formula is C17H37IN4O2S. The molecule has 25 heavy (non-hydrogen) atoms. The highest BCUT2D eigenvalue weighted by molar-refractivity contribution is 14.0. The molecule has 1 heterocycles. The van der Waals surface area contributed by atoms with Gasteiger partial charge < -0.3 is 15.4 Å². The van der Waals surface area contributed by atoms with Crippen LogP contribution in [0.4, 0.5) is 0 Å². The van der Waals surface area contributed by atoms with Gasteiger partial charge in [0.2, 0.25) is 0 Å². The summed E-state index contributed by atoms with van der Waals surface area (Å²) in [4.78, 5) is 6.69. The number of halogens is 1. The van der Waals surface area contributed by atoms with Gasteiger partial charge in [0.15, 0.2) is 5.96 Å². The SMILES string of the molecule is CN=C(NCCS(=O)C(C)(C)C)NCC1CN(CC(C)C)CCO1.I. The third-order valence-electron chi connectivity index (χ3n) is 3.83. The second-order valence-corrected chi connectivity index (χ2v) is 10.0. The molecule has 0 aromatic heterocycles. The second kappa shape index (κ2) is 12.5. The normalized spacial score (nSPS) is 20.9. The Morgan fingerprint density at radius 3 is 2.60 bits per heavy atom. The van der Waals surface area contributed by atoms with Crippen molar-refractivity contribution in [1.82, 2.24) is 15.5 Å². The van der Waals surface area contributed by atoms with Gasteiger partial charge in [0, 0.05) is 61.1 Å². The molecule has 2 N–H and O–H groups in total. The van der Waals surface area contributed by atoms with Gasteiger partial charge >= 0.3 is 0 Å². The molecule has 0 aromatic rings. The minimum atomic E-state index is -0.851. The summed E-state index contributed by atoms with van der Waals surface area (Å²) in [7, 11) is 0.902. The fourth-order valence-electron chi connectivity index (χ4n) is 2.59. The summed E-state index contributed by atoms with van der Waals surface area (Å²) in [6.07, 6.45) is 0.180. The molecule has 0 amide bonds. The van der Waals surface area contributed by atoms with Gasteiger partial charge in [0.25, 0.3) is 0 Å². The highest BCUT2D eigenvalue weighted by atomic mass is 127. The minimum absolute atomic E-state index is 0. The Bertz CT molecular complexity index is 427. The number of aliphatic imine (C=N–C) groups is 1. The number of guanidine groups is 1. The molecule has 1 fully saturated rings. The lowest BCUT2D eigenvalue weighted by Gasteiger charge is -2.34. The fourth-order valence-corrected chi connectivity index (χ4v) is 3.49. The highest BCUT2D eigenvalue weighted by Gasteiger charge is 2.21. The van der Waals surface area contributed by atoms with Crippen LogP contribution in [0.2, 0.25) is 0 Å². The Hall–Kier alpha value is 0.0700. The van der Waals surface area contributed by atoms with E-state index in [0.717, 1.165) is 38.7 Å². The van der Waals surface area contributed by atoms with Crippen LogP contribution < -0.4 is 10.6 Å². The van der Waals surface area contributed by atoms with Crippen LogP contribution >= 0.6 is 24.0 Å². The van der Waals surface area contributed by atoms with E-state index in [1.807, 2.05) is 20.8 Å². The molecule has 1 aliphatic heterocycles. The second-order valence-electron chi connectivity index (χ2n) is 7.69. The van der Waals surface area contributed by atoms with Crippen molar-refractivity contribution in [2.45, 2.75) is 45.5 Å². The molecule has 150 valence electrons. The van der Waals surface area contributed by atoms with E-state index in [0.29, 0.717) is 18.2 Å². The monoisotopic (exact) mass is 488 g/mol. The van der Waals surface area contributed by atoms with Crippen LogP contribution in [0.3, 0.4) is 0 Å². The molecule has 0 spiro atoms. The standard InChI is InChI=1S/C17H36N4O2S.HI/c1-14(2)12-21-8-9-23-15(13-21)11-20-16(18-6)19-7-10-24(22)17(3,4)5;/h14-15H,7-13H2,1-6H3,(H2,18,19,20);1H. The Morgan fingerprint density at radius 2 is 2.04 bits per heavy atom. The Labute approximate surface area is 173 Å². The zero-order valence-corrected chi connectivity index (χ0v) is 19.8. The van der Waals surface area contributed by atoms with Crippen LogP contribution in [-0.4, -0.2) is 78.1 Å². The van der Waals surface area contributed by atoms with E-state index >= 15 is 0 Å². The van der Waals surface area contributed by atoms with Crippen molar-refractivity contribution in [3.05, 3.63) is 0 Å². The molecule has 2 unspecified atom stereocenters. The number of hydrogen-bond donors (Lipinski definition) is 2. The van der Waals surface area contributed by atoms with Gasteiger partial charge in [-0.25, -0.2) is 0 Å². The number of nitrogens with one attached hydrogen (secondary N) is 2. The summed E-state index contributed by atoms with van der Waals surface area (Å²) in [5.74, 6) is 2.03. The van der Waals surface area contributed by atoms with Crippen molar-refractivity contribution >= 4 is 40.7 Å². The Balaban J connectivity index is 0.00000576. The number of morpholine rings is 1. The van der Waals surface area contributed by atoms with Crippen LogP contribution in [0.1, 0.15) is 34.6 Å². The van der Waals surface area contributed by atoms with Crippen molar-refractivity contribution in [3.8, 4) is 0 Å². The predicted molar refractivity (Wildman–Crippen MR) is 119 cm³/mol. The molecule has 0 bridgehead atoms. The summed E-state index contributed by atoms with van der Waals surface area (Å²) in [5.41, 5.74) is 0. The van der Waals surface area contributed by atoms with Crippen molar-refractivity contribution in [1.29, 1.82) is 0 Å². The van der Waals surface area contributed by atoms with Crippen molar-refractivity contribution in [2.75, 3.05) is 52.1 Å². The van der Waals surface area contributed by atoms with Crippen LogP contribution in [0, 0.1) is 5.92 Å². The predicted octanol–water partition coefficient (Wildman–Crippen LogP) is 1.67. The smallest absolute Gasteiger partial charge is 0.191 e. The Morgan fingerprint density at radius 1 is 1.36 bits per heavy atom. The van der Waals surface area contributed by atoms with E-state index in [2.05, 4.69) is 34.4 Å². The van der Waals surface area contributed by atoms with E-state index in [4.69, 9.17) is 4.74 Å². The van der Waals surface area contributed by atoms with Crippen molar-refractivity contribution < 1.29 is 8.95 Å². The van der Waals surface area contributed by atoms with Crippen LogP contribution in [0.25, 0.3) is 0 Å². The molecule has 1 saturated heterocycles. The number of nitrogens with zero attached hydrogens (tertiary/aromatic N) is 2. The lowest BCUT2D eigenvalue weighted by molar-refractivity contribution is -0.0284. The summed E-state index contributed by atoms with van der Waals surface area (Å²) < 4.78 is 17.7. The van der Waals surface area contributed by atoms with E-state index < -0.39 is 10.8 Å². The van der Waals surface area contributed by atoms with Gasteiger partial charge in [-0.3, -0.25) is 14.1 Å². The molecule has 6 nitrogen and oxygen atoms in total. The summed E-state index contributed by atoms with van der Waals surface area (Å²) >= 11 is 0. The zero-order chi connectivity index (χ0) is 18.2. The summed E-state index contributed by atoms with van der Waals surface area (Å²) in [6, 6.07) is 0. The third kappa shape index (κ3) is 10.7. The molecule has 2 atom stereocenters. The first-order valence-corrected chi connectivity index (χ1v) is 10.2. The maximum absolute atomic E-state index is 12.0. The van der Waals surface area contributed by atoms with Crippen LogP contribution in [0.15, 0.2) is 4.99 Å². The third-order valence-corrected chi connectivity index (χ3v) is 5.77. The molecular weight excluding hydrogens is 451 g/mol. The van der Waals surface area contributed by atoms with E-state index in [-0.39, 0.29) is 34.8 Å². The van der Waals surface area contributed by atoms with Gasteiger partial charge in [-0.2, -0.15) is 0 Å². The largest absolute Gasteiger partial charge is 0.374 e. The van der Waals surface area contributed by atoms with Gasteiger partial charge in [-0.1, -0.05) is 13.8 Å². The molecule has 1 aliphatic rings. The van der Waals surface area contributed by atoms with E-state index in [1.54, 1.807) is 7.05 Å². The zero-order valence-electron chi connectivity index (χ0n) is 16.6. The first-order chi connectivity index (χ1) is 11.2. The topological polar surface area (TPSA) is 66.0 Å². The first kappa shape index (κ1) is 25.1. The molecule has 0 aromatic carbocycles. The van der Waals surface area contributed by atoms with E-state index in [9.17, 15) is 4.21 Å². The summed E-state index contributed by atoms with van der Waals surface area (Å²) in [6.45, 7) is 15.7. The molecule has 0 radical (unpaired) electrons. The average Bonchev–Trinajstić information content (AvgIpc) is 2.49. The average molecular weight is 488 g/mol. The van der Waals surface area contributed by atoms with Crippen LogP contribution in [-0.2, 0) is 15.5 Å². The number of rotatable bonds is 7. The molecule has 8 heteroatoms. The number of hydrogen-bond acceptors (Lipinski definition) is 4. The van der Waals surface area contributed by atoms with Crippen molar-refractivity contribution in [3.63, 3.8) is 0 Å². The maximum atomic E-state index is 12.0. The van der Waals surface area contributed by atoms with Crippen molar-refractivity contribution in [2.24, 2.45) is 10.9 Å². The minimum Gasteiger partial charge on any atom is -0.374 e. The maximum Gasteiger partial charge on any atom is 0.191 e. The molecule has 0 saturated carbocycles. The molecule has 1 rings (SSSR count). The quantitative estimate of drug-likeness (QED) is 0.324. The molecule has 0 aliphatic carbocycles.